The summed E-state index contributed by atoms with van der Waals surface area (Å²) in [4.78, 5) is 14.6. The maximum absolute atomic E-state index is 14.3. The molecule has 1 heterocycles. The molecule has 1 aliphatic rings. The van der Waals surface area contributed by atoms with Gasteiger partial charge in [0, 0.05) is 24.1 Å². The number of carbonyl (C=O) groups is 1. The van der Waals surface area contributed by atoms with Crippen LogP contribution in [0.5, 0.6) is 5.95 Å². The van der Waals surface area contributed by atoms with Gasteiger partial charge in [0.05, 0.1) is 0 Å². The molecule has 2 aromatic carbocycles. The maximum atomic E-state index is 14.3. The van der Waals surface area contributed by atoms with Gasteiger partial charge in [-0.25, -0.2) is 9.18 Å². The van der Waals surface area contributed by atoms with Crippen LogP contribution in [0.2, 0.25) is 0 Å². The second-order valence-electron chi connectivity index (χ2n) is 9.08. The number of benzene rings is 2. The molecule has 174 valence electrons. The summed E-state index contributed by atoms with van der Waals surface area (Å²) in [5, 5.41) is 2.96. The van der Waals surface area contributed by atoms with E-state index in [1.54, 1.807) is 12.1 Å². The Morgan fingerprint density at radius 1 is 1.06 bits per heavy atom. The zero-order chi connectivity index (χ0) is 23.3. The first kappa shape index (κ1) is 23.1. The van der Waals surface area contributed by atoms with Crippen molar-refractivity contribution in [3.05, 3.63) is 89.4 Å². The Kier molecular flexibility index (Phi) is 7.14. The highest BCUT2D eigenvalue weighted by Gasteiger charge is 2.38. The molecule has 1 saturated carbocycles. The van der Waals surface area contributed by atoms with Crippen molar-refractivity contribution >= 4 is 6.09 Å². The van der Waals surface area contributed by atoms with E-state index in [4.69, 9.17) is 9.15 Å². The Labute approximate surface area is 194 Å². The lowest BCUT2D eigenvalue weighted by molar-refractivity contribution is 0.0855. The Morgan fingerprint density at radius 3 is 2.45 bits per heavy atom. The minimum absolute atomic E-state index is 0.0185. The molecule has 0 bridgehead atoms. The molecule has 33 heavy (non-hydrogen) atoms. The molecule has 1 amide bonds. The summed E-state index contributed by atoms with van der Waals surface area (Å²) in [6, 6.07) is 20.5. The van der Waals surface area contributed by atoms with Gasteiger partial charge in [-0.2, -0.15) is 0 Å². The van der Waals surface area contributed by atoms with Crippen LogP contribution < -0.4 is 10.1 Å². The molecule has 3 aromatic rings. The number of amides is 1. The normalized spacial score (nSPS) is 20.5. The van der Waals surface area contributed by atoms with Crippen LogP contribution in [0, 0.1) is 5.82 Å². The molecule has 1 N–H and O–H groups in total. The van der Waals surface area contributed by atoms with Crippen LogP contribution in [0.25, 0.3) is 0 Å². The van der Waals surface area contributed by atoms with Crippen molar-refractivity contribution in [1.82, 2.24) is 10.2 Å². The van der Waals surface area contributed by atoms with Crippen LogP contribution in [0.15, 0.2) is 71.1 Å². The van der Waals surface area contributed by atoms with E-state index < -0.39 is 6.09 Å². The zero-order valence-electron chi connectivity index (χ0n) is 19.2. The van der Waals surface area contributed by atoms with E-state index in [9.17, 15) is 9.18 Å². The van der Waals surface area contributed by atoms with Crippen LogP contribution in [-0.2, 0) is 12.8 Å². The van der Waals surface area contributed by atoms with Crippen molar-refractivity contribution in [2.24, 2.45) is 0 Å². The number of furan rings is 1. The average Bonchev–Trinajstić information content (AvgIpc) is 3.23. The first-order valence-corrected chi connectivity index (χ1v) is 11.5. The number of nitrogens with one attached hydrogen (secondary N) is 1. The topological polar surface area (TPSA) is 54.7 Å². The minimum atomic E-state index is -0.507. The van der Waals surface area contributed by atoms with Gasteiger partial charge in [0.25, 0.3) is 5.95 Å². The molecule has 0 saturated heterocycles. The summed E-state index contributed by atoms with van der Waals surface area (Å²) in [5.41, 5.74) is 1.74. The lowest BCUT2D eigenvalue weighted by Crippen LogP contribution is -2.52. The van der Waals surface area contributed by atoms with E-state index in [0.29, 0.717) is 12.8 Å². The van der Waals surface area contributed by atoms with Crippen LogP contribution >= 0.6 is 0 Å². The number of hydrogen-bond acceptors (Lipinski definition) is 4. The zero-order valence-corrected chi connectivity index (χ0v) is 19.2. The fourth-order valence-corrected chi connectivity index (χ4v) is 4.67. The lowest BCUT2D eigenvalue weighted by Gasteiger charge is -2.45. The molecule has 0 spiro atoms. The quantitative estimate of drug-likeness (QED) is 0.510. The van der Waals surface area contributed by atoms with Crippen molar-refractivity contribution < 1.29 is 18.3 Å². The van der Waals surface area contributed by atoms with Crippen LogP contribution in [0.3, 0.4) is 0 Å². The molecular formula is C27H31FN2O3. The molecule has 1 aliphatic carbocycles. The number of likely N-dealkylation sites (N-methyl/N-ethyl adjacent to an activating group) is 1. The van der Waals surface area contributed by atoms with Gasteiger partial charge in [0.2, 0.25) is 0 Å². The van der Waals surface area contributed by atoms with E-state index in [1.165, 1.54) is 6.07 Å². The third-order valence-electron chi connectivity index (χ3n) is 6.72. The molecule has 0 radical (unpaired) electrons. The predicted molar refractivity (Wildman–Crippen MR) is 126 cm³/mol. The standard InChI is InChI=1S/C27H31FN2O3/c1-30(2)27(19-21-10-6-7-11-24(21)28)16-14-22(15-17-27)29-26(31)33-25-13-12-23(32-25)18-20-8-4-3-5-9-20/h3-13,22H,14-19H2,1-2H3,(H,29,31). The van der Waals surface area contributed by atoms with Gasteiger partial charge in [0.1, 0.15) is 11.6 Å². The van der Waals surface area contributed by atoms with Crippen molar-refractivity contribution in [2.45, 2.75) is 50.1 Å². The van der Waals surface area contributed by atoms with Gasteiger partial charge in [-0.3, -0.25) is 0 Å². The van der Waals surface area contributed by atoms with Crippen molar-refractivity contribution in [3.63, 3.8) is 0 Å². The smallest absolute Gasteiger partial charge is 0.415 e. The number of carbonyl (C=O) groups excluding carboxylic acids is 1. The predicted octanol–water partition coefficient (Wildman–Crippen LogP) is 5.58. The number of ether oxygens (including phenoxy) is 1. The molecule has 1 aromatic heterocycles. The Morgan fingerprint density at radius 2 is 1.76 bits per heavy atom. The highest BCUT2D eigenvalue weighted by Crippen LogP contribution is 2.36. The van der Waals surface area contributed by atoms with E-state index in [-0.39, 0.29) is 23.3 Å². The number of hydrogen-bond donors (Lipinski definition) is 1. The SMILES string of the molecule is CN(C)C1(Cc2ccccc2F)CCC(NC(=O)Oc2ccc(Cc3ccccc3)o2)CC1. The van der Waals surface area contributed by atoms with Crippen LogP contribution in [-0.4, -0.2) is 36.7 Å². The third-order valence-corrected chi connectivity index (χ3v) is 6.72. The second kappa shape index (κ2) is 10.2. The second-order valence-corrected chi connectivity index (χ2v) is 9.08. The molecule has 4 rings (SSSR count). The van der Waals surface area contributed by atoms with Gasteiger partial charge in [-0.05, 0) is 69.5 Å². The number of rotatable bonds is 7. The first-order valence-electron chi connectivity index (χ1n) is 11.5. The largest absolute Gasteiger partial charge is 0.430 e. The molecule has 0 aliphatic heterocycles. The highest BCUT2D eigenvalue weighted by atomic mass is 19.1. The molecule has 5 nitrogen and oxygen atoms in total. The van der Waals surface area contributed by atoms with E-state index >= 15 is 0 Å². The number of halogens is 1. The van der Waals surface area contributed by atoms with Gasteiger partial charge in [0.15, 0.2) is 0 Å². The molecule has 0 unspecified atom stereocenters. The van der Waals surface area contributed by atoms with Crippen LogP contribution in [0.1, 0.15) is 42.6 Å². The Bertz CT molecular complexity index is 1060. The van der Waals surface area contributed by atoms with E-state index in [2.05, 4.69) is 10.2 Å². The summed E-state index contributed by atoms with van der Waals surface area (Å²) >= 11 is 0. The fraction of sp³-hybridized carbons (Fsp3) is 0.370. The Balaban J connectivity index is 1.29. The summed E-state index contributed by atoms with van der Waals surface area (Å²) in [6.45, 7) is 0. The summed E-state index contributed by atoms with van der Waals surface area (Å²) < 4.78 is 25.3. The summed E-state index contributed by atoms with van der Waals surface area (Å²) in [7, 11) is 4.10. The van der Waals surface area contributed by atoms with Crippen molar-refractivity contribution in [2.75, 3.05) is 14.1 Å². The highest BCUT2D eigenvalue weighted by molar-refractivity contribution is 5.70. The van der Waals surface area contributed by atoms with E-state index in [1.807, 2.05) is 62.6 Å². The lowest BCUT2D eigenvalue weighted by atomic mass is 9.75. The molecule has 6 heteroatoms. The molecular weight excluding hydrogens is 419 g/mol. The van der Waals surface area contributed by atoms with Crippen molar-refractivity contribution in [3.8, 4) is 5.95 Å². The monoisotopic (exact) mass is 450 g/mol. The fourth-order valence-electron chi connectivity index (χ4n) is 4.67. The molecule has 1 fully saturated rings. The van der Waals surface area contributed by atoms with Gasteiger partial charge >= 0.3 is 6.09 Å². The maximum Gasteiger partial charge on any atom is 0.415 e. The van der Waals surface area contributed by atoms with Gasteiger partial charge in [-0.1, -0.05) is 48.5 Å². The third kappa shape index (κ3) is 5.82. The summed E-state index contributed by atoms with van der Waals surface area (Å²) in [6.07, 6.45) is 4.12. The Hall–Kier alpha value is -3.12. The van der Waals surface area contributed by atoms with Gasteiger partial charge < -0.3 is 19.4 Å². The first-order chi connectivity index (χ1) is 15.9. The summed E-state index contributed by atoms with van der Waals surface area (Å²) in [5.74, 6) is 0.773. The van der Waals surface area contributed by atoms with Crippen LogP contribution in [0.4, 0.5) is 9.18 Å². The minimum Gasteiger partial charge on any atom is -0.430 e. The van der Waals surface area contributed by atoms with E-state index in [0.717, 1.165) is 42.6 Å². The molecule has 0 atom stereocenters. The average molecular weight is 451 g/mol. The number of nitrogens with zero attached hydrogens (tertiary/aromatic N) is 1. The van der Waals surface area contributed by atoms with Gasteiger partial charge in [-0.15, -0.1) is 0 Å². The van der Waals surface area contributed by atoms with Crippen molar-refractivity contribution in [1.29, 1.82) is 0 Å².